The van der Waals surface area contributed by atoms with Crippen molar-refractivity contribution >= 4 is 27.5 Å². The zero-order valence-electron chi connectivity index (χ0n) is 24.4. The van der Waals surface area contributed by atoms with Crippen LogP contribution in [-0.4, -0.2) is 65.0 Å². The van der Waals surface area contributed by atoms with Gasteiger partial charge in [-0.25, -0.2) is 13.6 Å². The molecule has 3 saturated heterocycles. The number of halogens is 2. The lowest BCUT2D eigenvalue weighted by molar-refractivity contribution is 0.292. The van der Waals surface area contributed by atoms with E-state index in [1.807, 2.05) is 0 Å². The van der Waals surface area contributed by atoms with Crippen molar-refractivity contribution in [1.82, 2.24) is 14.9 Å². The second-order valence-corrected chi connectivity index (χ2v) is 11.9. The minimum Gasteiger partial charge on any atom is -0.508 e. The number of alkyl halides is 1. The van der Waals surface area contributed by atoms with Crippen LogP contribution in [0, 0.1) is 18.7 Å². The Morgan fingerprint density at radius 1 is 1.12 bits per heavy atom. The molecule has 0 spiro atoms. The van der Waals surface area contributed by atoms with Gasteiger partial charge in [-0.1, -0.05) is 19.1 Å². The second kappa shape index (κ2) is 11.1. The molecule has 0 amide bonds. The molecule has 222 valence electrons. The average molecular weight is 579 g/mol. The lowest BCUT2D eigenvalue weighted by Crippen LogP contribution is -2.29. The van der Waals surface area contributed by atoms with Gasteiger partial charge in [0.05, 0.1) is 12.6 Å². The molecule has 3 aliphatic heterocycles. The van der Waals surface area contributed by atoms with Crippen LogP contribution in [0.25, 0.3) is 33.0 Å². The highest BCUT2D eigenvalue weighted by molar-refractivity contribution is 6.00. The highest BCUT2D eigenvalue weighted by Gasteiger charge is 2.35. The molecule has 4 unspecified atom stereocenters. The van der Waals surface area contributed by atoms with Gasteiger partial charge in [0.1, 0.15) is 28.9 Å². The predicted octanol–water partition coefficient (Wildman–Crippen LogP) is 5.99. The first-order valence-corrected chi connectivity index (χ1v) is 14.6. The van der Waals surface area contributed by atoms with E-state index >= 15 is 0 Å². The topological polar surface area (TPSA) is 91.9 Å². The Bertz CT molecular complexity index is 1700. The van der Waals surface area contributed by atoms with E-state index in [1.54, 1.807) is 19.1 Å². The van der Waals surface area contributed by atoms with Crippen molar-refractivity contribution in [2.45, 2.75) is 64.7 Å². The minimum absolute atomic E-state index is 0.0638. The number of aromatic hydroxyl groups is 1. The fourth-order valence-electron chi connectivity index (χ4n) is 6.94. The van der Waals surface area contributed by atoms with Crippen molar-refractivity contribution in [2.24, 2.45) is 5.92 Å². The molecule has 0 bridgehead atoms. The van der Waals surface area contributed by atoms with Crippen molar-refractivity contribution < 1.29 is 23.0 Å². The number of anilines is 1. The normalized spacial score (nSPS) is 23.8. The molecule has 4 atom stereocenters. The monoisotopic (exact) mass is 578 g/mol. The molecule has 2 aromatic carbocycles. The summed E-state index contributed by atoms with van der Waals surface area (Å²) in [6.07, 6.45) is 3.79. The van der Waals surface area contributed by atoms with Gasteiger partial charge in [0, 0.05) is 41.7 Å². The molecule has 7 rings (SSSR count). The third kappa shape index (κ3) is 5.06. The summed E-state index contributed by atoms with van der Waals surface area (Å²) in [7, 11) is 1.47. The van der Waals surface area contributed by atoms with E-state index in [9.17, 15) is 18.7 Å². The van der Waals surface area contributed by atoms with Crippen LogP contribution >= 0.6 is 0 Å². The number of fused-ring (bicyclic) bond motifs is 3. The average Bonchev–Trinajstić information content (AvgIpc) is 3.63. The number of aryl methyl sites for hydroxylation is 1. The summed E-state index contributed by atoms with van der Waals surface area (Å²) >= 11 is 0. The quantitative estimate of drug-likeness (QED) is 0.317. The Kier molecular flexibility index (Phi) is 7.51. The van der Waals surface area contributed by atoms with Crippen LogP contribution < -0.4 is 15.3 Å². The van der Waals surface area contributed by atoms with Crippen LogP contribution in [0.4, 0.5) is 14.6 Å². The van der Waals surface area contributed by atoms with Crippen LogP contribution in [0.15, 0.2) is 39.5 Å². The smallest absolute Gasteiger partial charge is 0.349 e. The highest BCUT2D eigenvalue weighted by Crippen LogP contribution is 2.39. The molecule has 2 aromatic heterocycles. The number of methoxy groups -OCH3 is 1. The van der Waals surface area contributed by atoms with Gasteiger partial charge in [-0.2, -0.15) is 9.97 Å². The Hall–Kier alpha value is -3.79. The van der Waals surface area contributed by atoms with Gasteiger partial charge < -0.3 is 19.2 Å². The van der Waals surface area contributed by atoms with Crippen molar-refractivity contribution in [3.05, 3.63) is 52.1 Å². The van der Waals surface area contributed by atoms with Gasteiger partial charge in [-0.05, 0) is 75.6 Å². The van der Waals surface area contributed by atoms with Crippen molar-refractivity contribution in [3.8, 4) is 23.1 Å². The molecule has 0 saturated carbocycles. The maximum atomic E-state index is 14.8. The molecule has 0 aliphatic carbocycles. The van der Waals surface area contributed by atoms with Crippen LogP contribution in [0.5, 0.6) is 11.8 Å². The summed E-state index contributed by atoms with van der Waals surface area (Å²) in [4.78, 5) is 26.7. The Labute approximate surface area is 242 Å². The van der Waals surface area contributed by atoms with E-state index in [0.29, 0.717) is 40.8 Å². The lowest BCUT2D eigenvalue weighted by atomic mass is 9.98. The molecule has 0 radical (unpaired) electrons. The molecule has 1 N–H and O–H groups in total. The minimum atomic E-state index is -0.622. The molecule has 4 aromatic rings. The van der Waals surface area contributed by atoms with E-state index in [4.69, 9.17) is 9.15 Å². The largest absolute Gasteiger partial charge is 0.508 e. The number of ether oxygens (including phenoxy) is 1. The standard InChI is InChI=1S/C25H24FN3O4.C7H12FN/c1-12-8-13(2)29(11-12)23-20-21(27-25(28-23)32-4)14(3)22(33-24(20)31)17-10-16(30)9-15-6-5-7-18(26)19(15)17;8-6-4-7-2-1-3-9(7)5-6/h5-7,9-10,12-13,30H,8,11H2,1-4H3;6-7H,1-5H2. The Morgan fingerprint density at radius 2 is 1.93 bits per heavy atom. The molecule has 3 fully saturated rings. The molecule has 42 heavy (non-hydrogen) atoms. The van der Waals surface area contributed by atoms with Gasteiger partial charge in [0.2, 0.25) is 0 Å². The maximum Gasteiger partial charge on any atom is 0.349 e. The second-order valence-electron chi connectivity index (χ2n) is 11.9. The third-order valence-corrected chi connectivity index (χ3v) is 8.82. The van der Waals surface area contributed by atoms with E-state index in [0.717, 1.165) is 25.9 Å². The fraction of sp³-hybridized carbons (Fsp3) is 0.469. The first kappa shape index (κ1) is 28.3. The van der Waals surface area contributed by atoms with Crippen LogP contribution in [0.2, 0.25) is 0 Å². The van der Waals surface area contributed by atoms with Gasteiger partial charge in [0.15, 0.2) is 5.82 Å². The number of aromatic nitrogens is 2. The summed E-state index contributed by atoms with van der Waals surface area (Å²) < 4.78 is 38.6. The number of hydrogen-bond acceptors (Lipinski definition) is 8. The number of hydrogen-bond donors (Lipinski definition) is 1. The van der Waals surface area contributed by atoms with Crippen molar-refractivity contribution in [3.63, 3.8) is 0 Å². The summed E-state index contributed by atoms with van der Waals surface area (Å²) in [6.45, 7) is 8.61. The number of phenols is 1. The van der Waals surface area contributed by atoms with Crippen molar-refractivity contribution in [2.75, 3.05) is 31.6 Å². The van der Waals surface area contributed by atoms with Crippen LogP contribution in [0.3, 0.4) is 0 Å². The number of rotatable bonds is 3. The summed E-state index contributed by atoms with van der Waals surface area (Å²) in [6, 6.07) is 8.38. The SMILES string of the molecule is COc1nc(N2CC(C)CC2C)c2c(=O)oc(-c3cc(O)cc4cccc(F)c34)c(C)c2n1.FC1CC2CCCN2C1. The first-order chi connectivity index (χ1) is 20.1. The van der Waals surface area contributed by atoms with E-state index in [1.165, 1.54) is 38.2 Å². The van der Waals surface area contributed by atoms with Crippen molar-refractivity contribution in [1.29, 1.82) is 0 Å². The molecular formula is C32H36F2N4O4. The fourth-order valence-corrected chi connectivity index (χ4v) is 6.94. The zero-order chi connectivity index (χ0) is 29.7. The summed E-state index contributed by atoms with van der Waals surface area (Å²) in [5.74, 6) is 0.527. The van der Waals surface area contributed by atoms with Gasteiger partial charge in [-0.3, -0.25) is 4.90 Å². The molecule has 5 heterocycles. The number of phenolic OH excluding ortho intramolecular Hbond substituents is 1. The summed E-state index contributed by atoms with van der Waals surface area (Å²) in [5.41, 5.74) is 0.564. The van der Waals surface area contributed by atoms with E-state index < -0.39 is 17.6 Å². The molecule has 3 aliphatic rings. The predicted molar refractivity (Wildman–Crippen MR) is 159 cm³/mol. The third-order valence-electron chi connectivity index (χ3n) is 8.82. The van der Waals surface area contributed by atoms with E-state index in [-0.39, 0.29) is 39.9 Å². The molecule has 10 heteroatoms. The van der Waals surface area contributed by atoms with Crippen LogP contribution in [0.1, 0.15) is 45.1 Å². The number of benzene rings is 2. The Morgan fingerprint density at radius 3 is 2.64 bits per heavy atom. The zero-order valence-corrected chi connectivity index (χ0v) is 24.4. The number of nitrogens with zero attached hydrogens (tertiary/aromatic N) is 4. The Balaban J connectivity index is 0.000000296. The molecule has 8 nitrogen and oxygen atoms in total. The lowest BCUT2D eigenvalue weighted by Gasteiger charge is -2.24. The maximum absolute atomic E-state index is 14.8. The molecular weight excluding hydrogens is 542 g/mol. The van der Waals surface area contributed by atoms with Crippen LogP contribution in [-0.2, 0) is 0 Å². The van der Waals surface area contributed by atoms with Gasteiger partial charge in [-0.15, -0.1) is 0 Å². The van der Waals surface area contributed by atoms with Gasteiger partial charge in [0.25, 0.3) is 0 Å². The van der Waals surface area contributed by atoms with E-state index in [2.05, 4.69) is 33.6 Å². The van der Waals surface area contributed by atoms with Gasteiger partial charge >= 0.3 is 11.6 Å². The summed E-state index contributed by atoms with van der Waals surface area (Å²) in [5, 5.41) is 11.3. The highest BCUT2D eigenvalue weighted by atomic mass is 19.1. The first-order valence-electron chi connectivity index (χ1n) is 14.6.